The smallest absolute Gasteiger partial charge is 0.251 e. The van der Waals surface area contributed by atoms with Crippen LogP contribution in [-0.2, 0) is 0 Å². The molecule has 0 aliphatic rings. The molecule has 0 aliphatic carbocycles. The van der Waals surface area contributed by atoms with Crippen molar-refractivity contribution in [3.05, 3.63) is 34.9 Å². The van der Waals surface area contributed by atoms with Crippen LogP contribution >= 0.6 is 0 Å². The van der Waals surface area contributed by atoms with Crippen molar-refractivity contribution < 1.29 is 5.21 Å². The normalized spacial score (nSPS) is 11.8. The van der Waals surface area contributed by atoms with Gasteiger partial charge < -0.3 is 10.9 Å². The van der Waals surface area contributed by atoms with Gasteiger partial charge in [-0.2, -0.15) is 5.10 Å². The minimum atomic E-state index is -0.0525. The van der Waals surface area contributed by atoms with Gasteiger partial charge in [-0.1, -0.05) is 5.16 Å². The maximum Gasteiger partial charge on any atom is 0.251 e. The summed E-state index contributed by atoms with van der Waals surface area (Å²) in [4.78, 5) is 8.51. The van der Waals surface area contributed by atoms with Crippen LogP contribution in [0, 0.1) is 20.8 Å². The number of rotatable bonds is 2. The maximum atomic E-state index is 8.68. The number of oxime groups is 1. The molecule has 0 spiro atoms. The van der Waals surface area contributed by atoms with Crippen LogP contribution in [0.1, 0.15) is 22.8 Å². The highest BCUT2D eigenvalue weighted by Crippen LogP contribution is 2.09. The Balaban J connectivity index is 2.58. The fraction of sp³-hybridized carbons (Fsp3) is 0.273. The fourth-order valence-electron chi connectivity index (χ4n) is 1.66. The lowest BCUT2D eigenvalue weighted by Crippen LogP contribution is -2.18. The molecule has 2 rings (SSSR count). The molecule has 0 atom stereocenters. The molecule has 0 aliphatic heterocycles. The van der Waals surface area contributed by atoms with Crippen LogP contribution < -0.4 is 5.73 Å². The quantitative estimate of drug-likeness (QED) is 0.351. The van der Waals surface area contributed by atoms with Crippen molar-refractivity contribution in [2.75, 3.05) is 0 Å². The predicted octanol–water partition coefficient (Wildman–Crippen LogP) is 0.682. The molecular formula is C11H14N6O. The molecule has 7 nitrogen and oxygen atoms in total. The Kier molecular flexibility index (Phi) is 2.97. The molecule has 0 saturated carbocycles. The highest BCUT2D eigenvalue weighted by atomic mass is 16.4. The van der Waals surface area contributed by atoms with Crippen LogP contribution in [0.3, 0.4) is 0 Å². The van der Waals surface area contributed by atoms with E-state index >= 15 is 0 Å². The van der Waals surface area contributed by atoms with Crippen LogP contribution in [0.15, 0.2) is 17.3 Å². The summed E-state index contributed by atoms with van der Waals surface area (Å²) in [5.41, 5.74) is 8.42. The van der Waals surface area contributed by atoms with E-state index in [0.717, 1.165) is 11.4 Å². The summed E-state index contributed by atoms with van der Waals surface area (Å²) in [6.45, 7) is 5.61. The zero-order valence-corrected chi connectivity index (χ0v) is 10.4. The standard InChI is InChI=1S/C11H14N6O/c1-6-5-9(10(12)16-18)14-11(13-6)17-8(3)4-7(2)15-17/h4-5,18H,1-3H3,(H2,12,16). The summed E-state index contributed by atoms with van der Waals surface area (Å²) in [6.07, 6.45) is 0. The van der Waals surface area contributed by atoms with Crippen molar-refractivity contribution in [3.8, 4) is 5.95 Å². The number of hydrogen-bond acceptors (Lipinski definition) is 5. The second kappa shape index (κ2) is 4.44. The van der Waals surface area contributed by atoms with Gasteiger partial charge in [0.2, 0.25) is 0 Å². The van der Waals surface area contributed by atoms with E-state index in [4.69, 9.17) is 10.9 Å². The molecule has 18 heavy (non-hydrogen) atoms. The Labute approximate surface area is 104 Å². The van der Waals surface area contributed by atoms with E-state index in [2.05, 4.69) is 20.2 Å². The zero-order chi connectivity index (χ0) is 13.3. The van der Waals surface area contributed by atoms with Gasteiger partial charge in [0.05, 0.1) is 5.69 Å². The average Bonchev–Trinajstić information content (AvgIpc) is 2.66. The molecule has 2 aromatic rings. The van der Waals surface area contributed by atoms with Crippen molar-refractivity contribution in [3.63, 3.8) is 0 Å². The van der Waals surface area contributed by atoms with Crippen molar-refractivity contribution >= 4 is 5.84 Å². The van der Waals surface area contributed by atoms with Gasteiger partial charge in [0.1, 0.15) is 5.69 Å². The molecule has 0 unspecified atom stereocenters. The van der Waals surface area contributed by atoms with E-state index in [0.29, 0.717) is 17.3 Å². The summed E-state index contributed by atoms with van der Waals surface area (Å²) >= 11 is 0. The number of nitrogens with zero attached hydrogens (tertiary/aromatic N) is 5. The Morgan fingerprint density at radius 2 is 1.94 bits per heavy atom. The minimum Gasteiger partial charge on any atom is -0.409 e. The molecule has 7 heteroatoms. The van der Waals surface area contributed by atoms with Gasteiger partial charge in [-0.25, -0.2) is 14.6 Å². The van der Waals surface area contributed by atoms with Crippen molar-refractivity contribution in [1.82, 2.24) is 19.7 Å². The molecule has 0 fully saturated rings. The molecule has 3 N–H and O–H groups in total. The van der Waals surface area contributed by atoms with E-state index < -0.39 is 0 Å². The van der Waals surface area contributed by atoms with Crippen LogP contribution in [0.4, 0.5) is 0 Å². The maximum absolute atomic E-state index is 8.68. The van der Waals surface area contributed by atoms with E-state index in [9.17, 15) is 0 Å². The molecule has 0 saturated heterocycles. The van der Waals surface area contributed by atoms with Gasteiger partial charge in [0.15, 0.2) is 5.84 Å². The summed E-state index contributed by atoms with van der Waals surface area (Å²) < 4.78 is 1.62. The molecule has 0 aromatic carbocycles. The molecule has 0 radical (unpaired) electrons. The van der Waals surface area contributed by atoms with E-state index in [1.807, 2.05) is 26.8 Å². The van der Waals surface area contributed by atoms with Gasteiger partial charge in [-0.15, -0.1) is 0 Å². The summed E-state index contributed by atoms with van der Waals surface area (Å²) in [5.74, 6) is 0.352. The van der Waals surface area contributed by atoms with Gasteiger partial charge >= 0.3 is 0 Å². The third kappa shape index (κ3) is 2.15. The third-order valence-electron chi connectivity index (χ3n) is 2.41. The lowest BCUT2D eigenvalue weighted by molar-refractivity contribution is 0.318. The van der Waals surface area contributed by atoms with Crippen LogP contribution in [0.5, 0.6) is 0 Å². The number of hydrogen-bond donors (Lipinski definition) is 2. The summed E-state index contributed by atoms with van der Waals surface area (Å²) in [6, 6.07) is 3.57. The van der Waals surface area contributed by atoms with Gasteiger partial charge in [0, 0.05) is 11.4 Å². The summed E-state index contributed by atoms with van der Waals surface area (Å²) in [7, 11) is 0. The van der Waals surface area contributed by atoms with Gasteiger partial charge in [-0.05, 0) is 32.9 Å². The van der Waals surface area contributed by atoms with Crippen LogP contribution in [0.2, 0.25) is 0 Å². The average molecular weight is 246 g/mol. The van der Waals surface area contributed by atoms with Gasteiger partial charge in [-0.3, -0.25) is 0 Å². The van der Waals surface area contributed by atoms with Gasteiger partial charge in [0.25, 0.3) is 5.95 Å². The second-order valence-corrected chi connectivity index (χ2v) is 4.02. The first kappa shape index (κ1) is 12.0. The molecule has 0 amide bonds. The first-order valence-corrected chi connectivity index (χ1v) is 5.38. The zero-order valence-electron chi connectivity index (χ0n) is 10.4. The molecular weight excluding hydrogens is 232 g/mol. The Morgan fingerprint density at radius 1 is 1.22 bits per heavy atom. The largest absolute Gasteiger partial charge is 0.409 e. The first-order chi connectivity index (χ1) is 8.51. The van der Waals surface area contributed by atoms with Crippen LogP contribution in [-0.4, -0.2) is 30.8 Å². The lowest BCUT2D eigenvalue weighted by atomic mass is 10.3. The molecule has 94 valence electrons. The first-order valence-electron chi connectivity index (χ1n) is 5.38. The van der Waals surface area contributed by atoms with Crippen molar-refractivity contribution in [2.24, 2.45) is 10.9 Å². The summed E-state index contributed by atoms with van der Waals surface area (Å²) in [5, 5.41) is 15.9. The molecule has 2 aromatic heterocycles. The lowest BCUT2D eigenvalue weighted by Gasteiger charge is -2.06. The monoisotopic (exact) mass is 246 g/mol. The van der Waals surface area contributed by atoms with E-state index in [1.165, 1.54) is 0 Å². The Bertz CT molecular complexity index is 616. The third-order valence-corrected chi connectivity index (χ3v) is 2.41. The number of aromatic nitrogens is 4. The van der Waals surface area contributed by atoms with Crippen molar-refractivity contribution in [1.29, 1.82) is 0 Å². The predicted molar refractivity (Wildman–Crippen MR) is 65.9 cm³/mol. The second-order valence-electron chi connectivity index (χ2n) is 4.02. The number of nitrogens with two attached hydrogens (primary N) is 1. The Hall–Kier alpha value is -2.44. The highest BCUT2D eigenvalue weighted by molar-refractivity contribution is 5.95. The Morgan fingerprint density at radius 3 is 2.50 bits per heavy atom. The van der Waals surface area contributed by atoms with E-state index in [1.54, 1.807) is 10.7 Å². The fourth-order valence-corrected chi connectivity index (χ4v) is 1.66. The molecule has 0 bridgehead atoms. The SMILES string of the molecule is Cc1cc(/C(N)=N/O)nc(-n2nc(C)cc2C)n1. The topological polar surface area (TPSA) is 102 Å². The molecule has 2 heterocycles. The highest BCUT2D eigenvalue weighted by Gasteiger charge is 2.10. The van der Waals surface area contributed by atoms with Crippen molar-refractivity contribution in [2.45, 2.75) is 20.8 Å². The minimum absolute atomic E-state index is 0.0525. The number of amidine groups is 1. The van der Waals surface area contributed by atoms with E-state index in [-0.39, 0.29) is 5.84 Å². The number of aryl methyl sites for hydroxylation is 3. The van der Waals surface area contributed by atoms with Crippen LogP contribution in [0.25, 0.3) is 5.95 Å².